The quantitative estimate of drug-likeness (QED) is 0.718. The molecule has 0 saturated carbocycles. The molecule has 0 unspecified atom stereocenters. The van der Waals surface area contributed by atoms with Crippen molar-refractivity contribution in [2.45, 2.75) is 25.9 Å². The van der Waals surface area contributed by atoms with Crippen LogP contribution in [0.15, 0.2) is 42.5 Å². The van der Waals surface area contributed by atoms with E-state index in [1.54, 1.807) is 30.5 Å². The van der Waals surface area contributed by atoms with Crippen LogP contribution in [0.1, 0.15) is 20.3 Å². The first-order valence-corrected chi connectivity index (χ1v) is 10.4. The molecule has 27 heavy (non-hydrogen) atoms. The molecule has 2 amide bonds. The van der Waals surface area contributed by atoms with Gasteiger partial charge in [-0.15, -0.1) is 0 Å². The molecule has 1 fully saturated rings. The number of hydrogen-bond donors (Lipinski definition) is 2. The molecule has 0 radical (unpaired) electrons. The summed E-state index contributed by atoms with van der Waals surface area (Å²) in [5.74, 6) is 0.955. The standard InChI is InChI=1S/C21H26N2O3S/c1-21(2,26)14-27-11-10-22-20(25)16-12-19(24)23(13-16)18-9-5-7-15-6-3-4-8-17(15)18/h3-9,16,26H,10-14H2,1-2H3,(H,22,25)/t16-/m1/s1. The summed E-state index contributed by atoms with van der Waals surface area (Å²) in [4.78, 5) is 26.7. The fourth-order valence-electron chi connectivity index (χ4n) is 3.27. The van der Waals surface area contributed by atoms with Crippen LogP contribution in [0, 0.1) is 5.92 Å². The minimum atomic E-state index is -0.703. The number of carbonyl (C=O) groups excluding carboxylic acids is 2. The van der Waals surface area contributed by atoms with Gasteiger partial charge in [-0.1, -0.05) is 36.4 Å². The third kappa shape index (κ3) is 5.02. The van der Waals surface area contributed by atoms with Gasteiger partial charge in [0.2, 0.25) is 11.8 Å². The number of benzene rings is 2. The normalized spacial score (nSPS) is 17.5. The van der Waals surface area contributed by atoms with Gasteiger partial charge in [0.05, 0.1) is 17.2 Å². The molecule has 0 aliphatic carbocycles. The van der Waals surface area contributed by atoms with E-state index in [2.05, 4.69) is 5.32 Å². The lowest BCUT2D eigenvalue weighted by Crippen LogP contribution is -2.34. The minimum Gasteiger partial charge on any atom is -0.390 e. The highest BCUT2D eigenvalue weighted by atomic mass is 32.2. The van der Waals surface area contributed by atoms with Crippen molar-refractivity contribution in [2.75, 3.05) is 29.5 Å². The molecule has 5 nitrogen and oxygen atoms in total. The zero-order chi connectivity index (χ0) is 19.4. The van der Waals surface area contributed by atoms with E-state index in [1.165, 1.54) is 0 Å². The number of carbonyl (C=O) groups is 2. The van der Waals surface area contributed by atoms with Gasteiger partial charge in [-0.3, -0.25) is 9.59 Å². The number of thioether (sulfide) groups is 1. The Morgan fingerprint density at radius 1 is 1.26 bits per heavy atom. The van der Waals surface area contributed by atoms with Crippen molar-refractivity contribution in [1.82, 2.24) is 5.32 Å². The number of aliphatic hydroxyl groups is 1. The molecule has 1 heterocycles. The Kier molecular flexibility index (Phi) is 6.07. The highest BCUT2D eigenvalue weighted by Crippen LogP contribution is 2.31. The van der Waals surface area contributed by atoms with Crippen LogP contribution in [0.25, 0.3) is 10.8 Å². The largest absolute Gasteiger partial charge is 0.390 e. The maximum atomic E-state index is 12.5. The third-order valence-electron chi connectivity index (χ3n) is 4.55. The van der Waals surface area contributed by atoms with Gasteiger partial charge in [0.15, 0.2) is 0 Å². The summed E-state index contributed by atoms with van der Waals surface area (Å²) in [7, 11) is 0. The Morgan fingerprint density at radius 3 is 2.78 bits per heavy atom. The van der Waals surface area contributed by atoms with E-state index in [-0.39, 0.29) is 24.2 Å². The first-order valence-electron chi connectivity index (χ1n) is 9.21. The zero-order valence-electron chi connectivity index (χ0n) is 15.8. The SMILES string of the molecule is CC(C)(O)CSCCNC(=O)[C@@H]1CC(=O)N(c2cccc3ccccc23)C1. The van der Waals surface area contributed by atoms with E-state index < -0.39 is 5.60 Å². The monoisotopic (exact) mass is 386 g/mol. The van der Waals surface area contributed by atoms with Crippen molar-refractivity contribution in [3.05, 3.63) is 42.5 Å². The molecule has 0 aromatic heterocycles. The van der Waals surface area contributed by atoms with E-state index >= 15 is 0 Å². The van der Waals surface area contributed by atoms with Crippen LogP contribution in [0.4, 0.5) is 5.69 Å². The molecule has 1 saturated heterocycles. The molecule has 0 spiro atoms. The summed E-state index contributed by atoms with van der Waals surface area (Å²) < 4.78 is 0. The lowest BCUT2D eigenvalue weighted by molar-refractivity contribution is -0.126. The van der Waals surface area contributed by atoms with Gasteiger partial charge in [0.25, 0.3) is 0 Å². The Bertz CT molecular complexity index is 826. The van der Waals surface area contributed by atoms with Gasteiger partial charge in [0.1, 0.15) is 0 Å². The van der Waals surface area contributed by atoms with E-state index in [0.717, 1.165) is 22.2 Å². The fourth-order valence-corrected chi connectivity index (χ4v) is 4.16. The summed E-state index contributed by atoms with van der Waals surface area (Å²) in [6, 6.07) is 13.9. The average Bonchev–Trinajstić information content (AvgIpc) is 3.01. The number of nitrogens with zero attached hydrogens (tertiary/aromatic N) is 1. The maximum Gasteiger partial charge on any atom is 0.227 e. The summed E-state index contributed by atoms with van der Waals surface area (Å²) >= 11 is 1.60. The second kappa shape index (κ2) is 8.31. The molecule has 1 aliphatic heterocycles. The van der Waals surface area contributed by atoms with Crippen molar-refractivity contribution >= 4 is 40.0 Å². The second-order valence-electron chi connectivity index (χ2n) is 7.56. The number of amides is 2. The number of rotatable bonds is 7. The third-order valence-corrected chi connectivity index (χ3v) is 5.96. The molecule has 1 aliphatic rings. The molecule has 1 atom stereocenters. The van der Waals surface area contributed by atoms with Crippen molar-refractivity contribution in [1.29, 1.82) is 0 Å². The Balaban J connectivity index is 1.58. The van der Waals surface area contributed by atoms with Crippen LogP contribution in [-0.4, -0.2) is 47.1 Å². The average molecular weight is 387 g/mol. The van der Waals surface area contributed by atoms with E-state index in [0.29, 0.717) is 18.8 Å². The Hall–Kier alpha value is -2.05. The summed E-state index contributed by atoms with van der Waals surface area (Å²) in [5, 5.41) is 14.7. The van der Waals surface area contributed by atoms with Crippen LogP contribution < -0.4 is 10.2 Å². The van der Waals surface area contributed by atoms with Crippen LogP contribution in [-0.2, 0) is 9.59 Å². The maximum absolute atomic E-state index is 12.5. The van der Waals surface area contributed by atoms with Gasteiger partial charge >= 0.3 is 0 Å². The second-order valence-corrected chi connectivity index (χ2v) is 8.66. The van der Waals surface area contributed by atoms with Gasteiger partial charge in [-0.05, 0) is 25.3 Å². The summed E-state index contributed by atoms with van der Waals surface area (Å²) in [6.07, 6.45) is 0.242. The predicted octanol–water partition coefficient (Wildman–Crippen LogP) is 2.81. The number of hydrogen-bond acceptors (Lipinski definition) is 4. The van der Waals surface area contributed by atoms with Crippen LogP contribution in [0.3, 0.4) is 0 Å². The van der Waals surface area contributed by atoms with Gasteiger partial charge in [-0.25, -0.2) is 0 Å². The molecule has 2 N–H and O–H groups in total. The van der Waals surface area contributed by atoms with E-state index in [1.807, 2.05) is 42.5 Å². The molecule has 144 valence electrons. The van der Waals surface area contributed by atoms with Crippen LogP contribution >= 0.6 is 11.8 Å². The molecular formula is C21H26N2O3S. The lowest BCUT2D eigenvalue weighted by Gasteiger charge is -2.19. The van der Waals surface area contributed by atoms with Gasteiger partial charge < -0.3 is 15.3 Å². The van der Waals surface area contributed by atoms with E-state index in [4.69, 9.17) is 0 Å². The minimum absolute atomic E-state index is 0.0112. The number of fused-ring (bicyclic) bond motifs is 1. The molecular weight excluding hydrogens is 360 g/mol. The molecule has 6 heteroatoms. The molecule has 0 bridgehead atoms. The van der Waals surface area contributed by atoms with Crippen LogP contribution in [0.2, 0.25) is 0 Å². The van der Waals surface area contributed by atoms with Crippen molar-refractivity contribution in [3.8, 4) is 0 Å². The summed E-state index contributed by atoms with van der Waals surface area (Å²) in [5.41, 5.74) is 0.167. The first kappa shape index (κ1) is 19.7. The molecule has 2 aromatic carbocycles. The lowest BCUT2D eigenvalue weighted by atomic mass is 10.1. The van der Waals surface area contributed by atoms with Gasteiger partial charge in [0, 0.05) is 36.4 Å². The van der Waals surface area contributed by atoms with E-state index in [9.17, 15) is 14.7 Å². The Labute approximate surface area is 164 Å². The van der Waals surface area contributed by atoms with Crippen molar-refractivity contribution in [3.63, 3.8) is 0 Å². The predicted molar refractivity (Wildman–Crippen MR) is 111 cm³/mol. The van der Waals surface area contributed by atoms with Crippen LogP contribution in [0.5, 0.6) is 0 Å². The molecule has 2 aromatic rings. The van der Waals surface area contributed by atoms with Crippen molar-refractivity contribution < 1.29 is 14.7 Å². The fraction of sp³-hybridized carbons (Fsp3) is 0.429. The number of nitrogens with one attached hydrogen (secondary N) is 1. The summed E-state index contributed by atoms with van der Waals surface area (Å²) in [6.45, 7) is 4.49. The zero-order valence-corrected chi connectivity index (χ0v) is 16.6. The van der Waals surface area contributed by atoms with Gasteiger partial charge in [-0.2, -0.15) is 11.8 Å². The number of anilines is 1. The first-order chi connectivity index (χ1) is 12.8. The highest BCUT2D eigenvalue weighted by molar-refractivity contribution is 7.99. The Morgan fingerprint density at radius 2 is 2.00 bits per heavy atom. The van der Waals surface area contributed by atoms with Crippen molar-refractivity contribution in [2.24, 2.45) is 5.92 Å². The molecule has 3 rings (SSSR count). The smallest absolute Gasteiger partial charge is 0.227 e. The topological polar surface area (TPSA) is 69.6 Å². The highest BCUT2D eigenvalue weighted by Gasteiger charge is 2.35.